The Balaban J connectivity index is 1.97. The molecule has 7 heteroatoms. The summed E-state index contributed by atoms with van der Waals surface area (Å²) in [5.41, 5.74) is 1.50. The predicted molar refractivity (Wildman–Crippen MR) is 79.1 cm³/mol. The third kappa shape index (κ3) is 2.44. The molecule has 2 atom stereocenters. The van der Waals surface area contributed by atoms with Crippen LogP contribution in [0.2, 0.25) is 0 Å². The molecule has 108 valence electrons. The number of thioether (sulfide) groups is 1. The first-order valence-electron chi connectivity index (χ1n) is 6.47. The lowest BCUT2D eigenvalue weighted by Gasteiger charge is -2.24. The van der Waals surface area contributed by atoms with Gasteiger partial charge in [0.15, 0.2) is 0 Å². The Labute approximate surface area is 125 Å². The van der Waals surface area contributed by atoms with Gasteiger partial charge in [0.1, 0.15) is 11.7 Å². The minimum atomic E-state index is -0.992. The second-order valence-corrected chi connectivity index (χ2v) is 6.09. The van der Waals surface area contributed by atoms with Crippen molar-refractivity contribution in [3.8, 4) is 0 Å². The van der Waals surface area contributed by atoms with Crippen LogP contribution in [0.3, 0.4) is 0 Å². The molecule has 1 aliphatic rings. The van der Waals surface area contributed by atoms with Crippen LogP contribution in [-0.2, 0) is 4.79 Å². The van der Waals surface area contributed by atoms with Crippen molar-refractivity contribution in [1.29, 1.82) is 0 Å². The quantitative estimate of drug-likeness (QED) is 0.907. The van der Waals surface area contributed by atoms with Gasteiger partial charge in [-0.25, -0.2) is 9.78 Å². The van der Waals surface area contributed by atoms with Crippen LogP contribution >= 0.6 is 11.8 Å². The largest absolute Gasteiger partial charge is 0.480 e. The molecule has 0 radical (unpaired) electrons. The van der Waals surface area contributed by atoms with Crippen LogP contribution in [0.25, 0.3) is 11.0 Å². The van der Waals surface area contributed by atoms with Crippen molar-refractivity contribution in [1.82, 2.24) is 14.9 Å². The summed E-state index contributed by atoms with van der Waals surface area (Å²) < 4.78 is 0. The molecular weight excluding hydrogens is 290 g/mol. The molecule has 0 bridgehead atoms. The molecule has 1 aliphatic heterocycles. The molecule has 1 N–H and O–H groups in total. The number of hydrogen-bond donors (Lipinski definition) is 1. The summed E-state index contributed by atoms with van der Waals surface area (Å²) in [6.07, 6.45) is 1.40. The SMILES string of the molecule is CC1SCC(C(=O)O)N1C(=O)c1cnc2ccccc2n1. The van der Waals surface area contributed by atoms with Crippen LogP contribution in [0.4, 0.5) is 0 Å². The van der Waals surface area contributed by atoms with Gasteiger partial charge < -0.3 is 10.0 Å². The lowest BCUT2D eigenvalue weighted by atomic mass is 10.2. The Morgan fingerprint density at radius 3 is 2.76 bits per heavy atom. The Hall–Kier alpha value is -2.15. The Morgan fingerprint density at radius 2 is 2.05 bits per heavy atom. The first kappa shape index (κ1) is 13.8. The highest BCUT2D eigenvalue weighted by Crippen LogP contribution is 2.30. The molecule has 3 rings (SSSR count). The van der Waals surface area contributed by atoms with E-state index in [0.29, 0.717) is 16.8 Å². The average molecular weight is 303 g/mol. The number of carbonyl (C=O) groups excluding carboxylic acids is 1. The average Bonchev–Trinajstić information content (AvgIpc) is 2.88. The van der Waals surface area contributed by atoms with Gasteiger partial charge in [-0.15, -0.1) is 11.8 Å². The zero-order valence-electron chi connectivity index (χ0n) is 11.3. The van der Waals surface area contributed by atoms with Gasteiger partial charge in [0.05, 0.1) is 22.6 Å². The van der Waals surface area contributed by atoms with Gasteiger partial charge in [-0.1, -0.05) is 12.1 Å². The molecule has 2 aromatic rings. The fraction of sp³-hybridized carbons (Fsp3) is 0.286. The van der Waals surface area contributed by atoms with Gasteiger partial charge >= 0.3 is 5.97 Å². The van der Waals surface area contributed by atoms with Gasteiger partial charge in [0.2, 0.25) is 0 Å². The van der Waals surface area contributed by atoms with E-state index in [0.717, 1.165) is 0 Å². The monoisotopic (exact) mass is 303 g/mol. The molecule has 0 spiro atoms. The number of benzene rings is 1. The van der Waals surface area contributed by atoms with E-state index in [4.69, 9.17) is 0 Å². The third-order valence-electron chi connectivity index (χ3n) is 3.41. The first-order valence-corrected chi connectivity index (χ1v) is 7.51. The van der Waals surface area contributed by atoms with Gasteiger partial charge in [-0.3, -0.25) is 9.78 Å². The number of aromatic nitrogens is 2. The van der Waals surface area contributed by atoms with Gasteiger partial charge in [0.25, 0.3) is 5.91 Å². The summed E-state index contributed by atoms with van der Waals surface area (Å²) in [6, 6.07) is 6.43. The number of nitrogens with zero attached hydrogens (tertiary/aromatic N) is 3. The fourth-order valence-electron chi connectivity index (χ4n) is 2.33. The molecular formula is C14H13N3O3S. The number of hydrogen-bond acceptors (Lipinski definition) is 5. The van der Waals surface area contributed by atoms with Crippen molar-refractivity contribution < 1.29 is 14.7 Å². The summed E-state index contributed by atoms with van der Waals surface area (Å²) in [6.45, 7) is 1.82. The number of carbonyl (C=O) groups is 2. The third-order valence-corrected chi connectivity index (χ3v) is 4.63. The number of aliphatic carboxylic acids is 1. The zero-order chi connectivity index (χ0) is 15.0. The highest BCUT2D eigenvalue weighted by Gasteiger charge is 2.40. The summed E-state index contributed by atoms with van der Waals surface area (Å²) >= 11 is 1.44. The van der Waals surface area contributed by atoms with E-state index in [1.165, 1.54) is 22.9 Å². The maximum Gasteiger partial charge on any atom is 0.327 e. The van der Waals surface area contributed by atoms with Crippen LogP contribution in [-0.4, -0.2) is 49.0 Å². The number of carboxylic acids is 1. The van der Waals surface area contributed by atoms with E-state index < -0.39 is 17.9 Å². The number of rotatable bonds is 2. The minimum absolute atomic E-state index is 0.175. The van der Waals surface area contributed by atoms with E-state index in [1.807, 2.05) is 25.1 Å². The lowest BCUT2D eigenvalue weighted by molar-refractivity contribution is -0.141. The van der Waals surface area contributed by atoms with Crippen LogP contribution in [0.5, 0.6) is 0 Å². The molecule has 1 aromatic carbocycles. The second-order valence-electron chi connectivity index (χ2n) is 4.74. The molecule has 0 aliphatic carbocycles. The van der Waals surface area contributed by atoms with Crippen molar-refractivity contribution in [3.63, 3.8) is 0 Å². The molecule has 0 saturated carbocycles. The van der Waals surface area contributed by atoms with Crippen LogP contribution < -0.4 is 0 Å². The van der Waals surface area contributed by atoms with Crippen molar-refractivity contribution in [3.05, 3.63) is 36.2 Å². The van der Waals surface area contributed by atoms with E-state index >= 15 is 0 Å². The summed E-state index contributed by atoms with van der Waals surface area (Å²) in [5.74, 6) is -0.990. The molecule has 6 nitrogen and oxygen atoms in total. The van der Waals surface area contributed by atoms with Crippen LogP contribution in [0.15, 0.2) is 30.5 Å². The van der Waals surface area contributed by atoms with E-state index in [1.54, 1.807) is 6.07 Å². The Kier molecular flexibility index (Phi) is 3.50. The predicted octanol–water partition coefficient (Wildman–Crippen LogP) is 1.62. The highest BCUT2D eigenvalue weighted by atomic mass is 32.2. The van der Waals surface area contributed by atoms with Gasteiger partial charge in [-0.2, -0.15) is 0 Å². The maximum atomic E-state index is 12.6. The van der Waals surface area contributed by atoms with Crippen LogP contribution in [0, 0.1) is 0 Å². The first-order chi connectivity index (χ1) is 10.1. The molecule has 1 saturated heterocycles. The second kappa shape index (κ2) is 5.33. The molecule has 1 fully saturated rings. The minimum Gasteiger partial charge on any atom is -0.480 e. The smallest absolute Gasteiger partial charge is 0.327 e. The number of carboxylic acid groups (broad SMARTS) is 1. The van der Waals surface area contributed by atoms with Gasteiger partial charge in [-0.05, 0) is 19.1 Å². The van der Waals surface area contributed by atoms with Crippen molar-refractivity contribution in [2.24, 2.45) is 0 Å². The van der Waals surface area contributed by atoms with E-state index in [-0.39, 0.29) is 11.1 Å². The zero-order valence-corrected chi connectivity index (χ0v) is 12.1. The number of amides is 1. The Bertz CT molecular complexity index is 721. The highest BCUT2D eigenvalue weighted by molar-refractivity contribution is 8.00. The molecule has 1 aromatic heterocycles. The topological polar surface area (TPSA) is 83.4 Å². The van der Waals surface area contributed by atoms with E-state index in [9.17, 15) is 14.7 Å². The van der Waals surface area contributed by atoms with Crippen LogP contribution in [0.1, 0.15) is 17.4 Å². The molecule has 1 amide bonds. The van der Waals surface area contributed by atoms with Crippen molar-refractivity contribution in [2.45, 2.75) is 18.3 Å². The molecule has 2 heterocycles. The fourth-order valence-corrected chi connectivity index (χ4v) is 3.50. The summed E-state index contributed by atoms with van der Waals surface area (Å²) in [4.78, 5) is 33.7. The molecule has 2 unspecified atom stereocenters. The Morgan fingerprint density at radius 1 is 1.33 bits per heavy atom. The lowest BCUT2D eigenvalue weighted by Crippen LogP contribution is -2.45. The van der Waals surface area contributed by atoms with Gasteiger partial charge in [0, 0.05) is 5.75 Å². The normalized spacial score (nSPS) is 21.7. The summed E-state index contributed by atoms with van der Waals surface area (Å²) in [7, 11) is 0. The molecule has 21 heavy (non-hydrogen) atoms. The van der Waals surface area contributed by atoms with Crippen molar-refractivity contribution in [2.75, 3.05) is 5.75 Å². The standard InChI is InChI=1S/C14H13N3O3S/c1-8-17(12(7-21-8)14(19)20)13(18)11-6-15-9-4-2-3-5-10(9)16-11/h2-6,8,12H,7H2,1H3,(H,19,20). The van der Waals surface area contributed by atoms with E-state index in [2.05, 4.69) is 9.97 Å². The number of fused-ring (bicyclic) bond motifs is 1. The number of para-hydroxylation sites is 2. The summed E-state index contributed by atoms with van der Waals surface area (Å²) in [5, 5.41) is 9.04. The van der Waals surface area contributed by atoms with Crippen molar-refractivity contribution >= 4 is 34.7 Å². The maximum absolute atomic E-state index is 12.6.